The topological polar surface area (TPSA) is 77.6 Å². The van der Waals surface area contributed by atoms with Gasteiger partial charge in [0.2, 0.25) is 0 Å². The van der Waals surface area contributed by atoms with E-state index in [9.17, 15) is 5.11 Å². The van der Waals surface area contributed by atoms with E-state index in [1.165, 1.54) is 68.4 Å². The van der Waals surface area contributed by atoms with Crippen molar-refractivity contribution in [2.45, 2.75) is 152 Å². The minimum atomic E-state index is -0.502. The highest BCUT2D eigenvalue weighted by atomic mass is 16.3. The summed E-state index contributed by atoms with van der Waals surface area (Å²) in [6.07, 6.45) is 16.4. The summed E-state index contributed by atoms with van der Waals surface area (Å²) < 4.78 is 0. The number of allylic oxidation sites excluding steroid dienone is 4. The first kappa shape index (κ1) is 37.6. The van der Waals surface area contributed by atoms with Crippen LogP contribution in [0.3, 0.4) is 0 Å². The minimum Gasteiger partial charge on any atom is -0.389 e. The maximum atomic E-state index is 11.2. The van der Waals surface area contributed by atoms with Crippen LogP contribution < -0.4 is 0 Å². The number of nitrogens with one attached hydrogen (secondary N) is 2. The standard InChI is InChI=1S/C45H62N4O/c1-10-19-20-21-22-28(50)23-24-37-44-35(17-8)33(15-6)42(48-44)26-40-31(13-4)29(11-2)38(46-40)25-39-30(12-3)32(14-5)41(47-39)27-43-34(16-7)36(18-9)45(37)49-43/h23-28,46-47,50H,10-22H2,1-9H3/b24-23+,38-25?,39-25?,40-26?,41-27?,42-26?,43-27?,44-37?,45-37?. The second-order valence-corrected chi connectivity index (χ2v) is 13.9. The molecule has 50 heavy (non-hydrogen) atoms. The number of rotatable bonds is 15. The van der Waals surface area contributed by atoms with E-state index in [0.29, 0.717) is 0 Å². The summed E-state index contributed by atoms with van der Waals surface area (Å²) in [4.78, 5) is 18.8. The SMILES string of the molecule is CCCCCCC(O)/C=C/c1c2nc(cc3[nH]c(cc4[nH]c(cc5nc1C(CC)=C5CC)c(CC)c4CC)c(CC)c3CC)C(CC)=C2CC. The van der Waals surface area contributed by atoms with Crippen LogP contribution >= 0.6 is 0 Å². The fraction of sp³-hybridized carbons (Fsp3) is 0.511. The Morgan fingerprint density at radius 2 is 0.960 bits per heavy atom. The van der Waals surface area contributed by atoms with Gasteiger partial charge in [0.05, 0.1) is 28.9 Å². The molecule has 0 saturated carbocycles. The molecule has 0 fully saturated rings. The van der Waals surface area contributed by atoms with E-state index in [1.807, 2.05) is 6.08 Å². The number of nitrogens with zero attached hydrogens (tertiary/aromatic N) is 2. The van der Waals surface area contributed by atoms with E-state index in [-0.39, 0.29) is 0 Å². The van der Waals surface area contributed by atoms with Crippen LogP contribution in [0.1, 0.15) is 171 Å². The summed E-state index contributed by atoms with van der Waals surface area (Å²) in [5.74, 6) is 0. The number of aromatic amines is 2. The smallest absolute Gasteiger partial charge is 0.0766 e. The summed E-state index contributed by atoms with van der Waals surface area (Å²) >= 11 is 0. The van der Waals surface area contributed by atoms with Gasteiger partial charge in [-0.2, -0.15) is 0 Å². The third-order valence-corrected chi connectivity index (χ3v) is 11.0. The van der Waals surface area contributed by atoms with Gasteiger partial charge in [-0.05, 0) is 121 Å². The number of unbranched alkanes of at least 4 members (excludes halogenated alkanes) is 3. The molecule has 0 spiro atoms. The molecule has 1 atom stereocenters. The number of hydrogen-bond donors (Lipinski definition) is 3. The highest BCUT2D eigenvalue weighted by Gasteiger charge is 2.26. The number of hydrogen-bond acceptors (Lipinski definition) is 3. The molecular formula is C45H62N4O. The third-order valence-electron chi connectivity index (χ3n) is 11.0. The van der Waals surface area contributed by atoms with Crippen molar-refractivity contribution < 1.29 is 5.11 Å². The molecule has 2 aliphatic rings. The van der Waals surface area contributed by atoms with E-state index in [1.54, 1.807) is 0 Å². The molecule has 0 aromatic carbocycles. The summed E-state index contributed by atoms with van der Waals surface area (Å²) in [6, 6.07) is 6.96. The highest BCUT2D eigenvalue weighted by molar-refractivity contribution is 5.99. The number of aliphatic hydroxyl groups is 1. The molecule has 0 radical (unpaired) electrons. The Hall–Kier alpha value is -3.70. The molecule has 268 valence electrons. The average Bonchev–Trinajstić information content (AvgIpc) is 3.85. The fourth-order valence-corrected chi connectivity index (χ4v) is 8.46. The zero-order valence-electron chi connectivity index (χ0n) is 32.5. The lowest BCUT2D eigenvalue weighted by Gasteiger charge is -2.10. The van der Waals surface area contributed by atoms with Crippen LogP contribution in [0.4, 0.5) is 0 Å². The zero-order chi connectivity index (χ0) is 35.9. The van der Waals surface area contributed by atoms with Crippen LogP contribution in [0.5, 0.6) is 0 Å². The predicted octanol–water partition coefficient (Wildman–Crippen LogP) is 12.4. The fourth-order valence-electron chi connectivity index (χ4n) is 8.46. The van der Waals surface area contributed by atoms with Crippen molar-refractivity contribution in [1.82, 2.24) is 19.9 Å². The van der Waals surface area contributed by atoms with Crippen molar-refractivity contribution in [3.05, 3.63) is 74.9 Å². The van der Waals surface area contributed by atoms with E-state index in [2.05, 4.69) is 96.6 Å². The quantitative estimate of drug-likeness (QED) is 0.140. The summed E-state index contributed by atoms with van der Waals surface area (Å²) in [5.41, 5.74) is 20.5. The average molecular weight is 675 g/mol. The van der Waals surface area contributed by atoms with Crippen molar-refractivity contribution >= 4 is 50.4 Å². The van der Waals surface area contributed by atoms with Crippen LogP contribution in [0.15, 0.2) is 24.3 Å². The van der Waals surface area contributed by atoms with Gasteiger partial charge in [-0.3, -0.25) is 0 Å². The summed E-state index contributed by atoms with van der Waals surface area (Å²) in [5, 5.41) is 11.2. The zero-order valence-corrected chi connectivity index (χ0v) is 32.5. The van der Waals surface area contributed by atoms with Gasteiger partial charge in [0.1, 0.15) is 0 Å². The number of aromatic nitrogens is 4. The van der Waals surface area contributed by atoms with E-state index < -0.39 is 6.10 Å². The Morgan fingerprint density at radius 1 is 0.540 bits per heavy atom. The van der Waals surface area contributed by atoms with Gasteiger partial charge < -0.3 is 15.1 Å². The molecule has 3 aromatic rings. The Morgan fingerprint density at radius 3 is 1.34 bits per heavy atom. The Labute approximate surface area is 301 Å². The molecule has 3 aromatic heterocycles. The molecular weight excluding hydrogens is 613 g/mol. The molecule has 0 amide bonds. The van der Waals surface area contributed by atoms with Crippen LogP contribution in [0, 0.1) is 0 Å². The molecule has 3 N–H and O–H groups in total. The van der Waals surface area contributed by atoms with Crippen molar-refractivity contribution in [1.29, 1.82) is 0 Å². The molecule has 5 heteroatoms. The molecule has 2 aliphatic heterocycles. The minimum absolute atomic E-state index is 0.502. The molecule has 5 heterocycles. The van der Waals surface area contributed by atoms with Crippen LogP contribution in [0.2, 0.25) is 0 Å². The van der Waals surface area contributed by atoms with E-state index in [4.69, 9.17) is 9.97 Å². The van der Waals surface area contributed by atoms with Crippen molar-refractivity contribution in [2.75, 3.05) is 0 Å². The Kier molecular flexibility index (Phi) is 12.8. The lowest BCUT2D eigenvalue weighted by molar-refractivity contribution is 0.209. The molecule has 1 unspecified atom stereocenters. The van der Waals surface area contributed by atoms with Crippen LogP contribution in [0.25, 0.3) is 50.4 Å². The Bertz CT molecular complexity index is 1820. The molecule has 0 saturated heterocycles. The highest BCUT2D eigenvalue weighted by Crippen LogP contribution is 2.42. The second kappa shape index (κ2) is 17.0. The van der Waals surface area contributed by atoms with Crippen molar-refractivity contribution in [2.24, 2.45) is 0 Å². The van der Waals surface area contributed by atoms with Crippen molar-refractivity contribution in [3.63, 3.8) is 0 Å². The third kappa shape index (κ3) is 7.21. The number of fused-ring (bicyclic) bond motifs is 8. The molecule has 8 bridgehead atoms. The van der Waals surface area contributed by atoms with Gasteiger partial charge in [-0.25, -0.2) is 9.97 Å². The first-order valence-corrected chi connectivity index (χ1v) is 19.9. The number of aryl methyl sites for hydroxylation is 4. The van der Waals surface area contributed by atoms with Gasteiger partial charge >= 0.3 is 0 Å². The first-order valence-electron chi connectivity index (χ1n) is 19.9. The van der Waals surface area contributed by atoms with Gasteiger partial charge in [0.15, 0.2) is 0 Å². The normalized spacial score (nSPS) is 14.1. The number of H-pyrrole nitrogens is 2. The lowest BCUT2D eigenvalue weighted by atomic mass is 9.93. The summed E-state index contributed by atoms with van der Waals surface area (Å²) in [6.45, 7) is 20.3. The van der Waals surface area contributed by atoms with Gasteiger partial charge in [-0.1, -0.05) is 100 Å². The number of aliphatic hydroxyl groups excluding tert-OH is 1. The summed E-state index contributed by atoms with van der Waals surface area (Å²) in [7, 11) is 0. The molecule has 5 rings (SSSR count). The molecule has 0 aliphatic carbocycles. The van der Waals surface area contributed by atoms with Crippen LogP contribution in [-0.2, 0) is 25.7 Å². The van der Waals surface area contributed by atoms with Crippen LogP contribution in [-0.4, -0.2) is 31.1 Å². The Balaban J connectivity index is 1.98. The van der Waals surface area contributed by atoms with Gasteiger partial charge in [-0.15, -0.1) is 0 Å². The largest absolute Gasteiger partial charge is 0.389 e. The predicted molar refractivity (Wildman–Crippen MR) is 217 cm³/mol. The maximum Gasteiger partial charge on any atom is 0.0766 e. The molecule has 5 nitrogen and oxygen atoms in total. The second-order valence-electron chi connectivity index (χ2n) is 13.9. The van der Waals surface area contributed by atoms with E-state index in [0.717, 1.165) is 110 Å². The van der Waals surface area contributed by atoms with E-state index >= 15 is 0 Å². The first-order chi connectivity index (χ1) is 24.3. The van der Waals surface area contributed by atoms with Crippen molar-refractivity contribution in [3.8, 4) is 0 Å². The van der Waals surface area contributed by atoms with Gasteiger partial charge in [0, 0.05) is 27.6 Å². The monoisotopic (exact) mass is 674 g/mol. The lowest BCUT2D eigenvalue weighted by Crippen LogP contribution is -2.02. The van der Waals surface area contributed by atoms with Gasteiger partial charge in [0.25, 0.3) is 0 Å². The maximum absolute atomic E-state index is 11.2.